The standard InChI is InChI=1S/C51H32N4/c1-2-14-35(15-3-1)49-52-50(54-51(53-49)46-32-37-16-5-6-19-40(37)42-21-8-9-22-43(42)46)38-18-12-17-36(31-38)33-25-28-39(29-26-33)55-47-24-11-10-23-44(47)45-30-27-34-13-4-7-20-41(34)48(45)55/h1-32H. The lowest BCUT2D eigenvalue weighted by Crippen LogP contribution is -2.01. The van der Waals surface area contributed by atoms with Gasteiger partial charge in [-0.3, -0.25) is 0 Å². The summed E-state index contributed by atoms with van der Waals surface area (Å²) < 4.78 is 2.40. The molecule has 0 atom stereocenters. The first-order chi connectivity index (χ1) is 27.3. The van der Waals surface area contributed by atoms with Gasteiger partial charge in [0.2, 0.25) is 0 Å². The van der Waals surface area contributed by atoms with E-state index in [-0.39, 0.29) is 0 Å². The first-order valence-corrected chi connectivity index (χ1v) is 18.6. The molecule has 0 saturated carbocycles. The normalized spacial score (nSPS) is 11.6. The lowest BCUT2D eigenvalue weighted by Gasteiger charge is -2.13. The van der Waals surface area contributed by atoms with E-state index in [9.17, 15) is 0 Å². The molecule has 0 amide bonds. The maximum atomic E-state index is 5.20. The van der Waals surface area contributed by atoms with Crippen molar-refractivity contribution >= 4 is 54.1 Å². The second kappa shape index (κ2) is 12.6. The van der Waals surface area contributed by atoms with Gasteiger partial charge in [0.1, 0.15) is 0 Å². The Morgan fingerprint density at radius 1 is 0.309 bits per heavy atom. The van der Waals surface area contributed by atoms with Gasteiger partial charge in [0.25, 0.3) is 0 Å². The van der Waals surface area contributed by atoms with Crippen LogP contribution in [0.25, 0.3) is 105 Å². The van der Waals surface area contributed by atoms with Crippen LogP contribution in [-0.4, -0.2) is 19.5 Å². The van der Waals surface area contributed by atoms with Crippen LogP contribution < -0.4 is 0 Å². The van der Waals surface area contributed by atoms with Crippen molar-refractivity contribution in [2.75, 3.05) is 0 Å². The molecule has 0 bridgehead atoms. The van der Waals surface area contributed by atoms with E-state index in [0.29, 0.717) is 17.5 Å². The number of hydrogen-bond donors (Lipinski definition) is 0. The predicted octanol–water partition coefficient (Wildman–Crippen LogP) is 13.1. The third-order valence-corrected chi connectivity index (χ3v) is 10.8. The van der Waals surface area contributed by atoms with E-state index in [1.807, 2.05) is 18.2 Å². The SMILES string of the molecule is c1ccc(-c2nc(-c3cccc(-c4ccc(-n5c6ccccc6c6ccc7ccccc7c65)cc4)c3)nc(-c3cc4ccccc4c4ccccc34)n2)cc1. The van der Waals surface area contributed by atoms with Gasteiger partial charge in [-0.2, -0.15) is 0 Å². The Labute approximate surface area is 317 Å². The van der Waals surface area contributed by atoms with Gasteiger partial charge in [-0.25, -0.2) is 15.0 Å². The first kappa shape index (κ1) is 31.1. The van der Waals surface area contributed by atoms with Gasteiger partial charge in [0, 0.05) is 38.5 Å². The van der Waals surface area contributed by atoms with Crippen molar-refractivity contribution in [1.29, 1.82) is 0 Å². The van der Waals surface area contributed by atoms with Gasteiger partial charge >= 0.3 is 0 Å². The lowest BCUT2D eigenvalue weighted by atomic mass is 9.97. The van der Waals surface area contributed by atoms with Gasteiger partial charge in [-0.05, 0) is 68.4 Å². The number of aromatic nitrogens is 4. The molecule has 2 aromatic heterocycles. The van der Waals surface area contributed by atoms with Crippen LogP contribution in [-0.2, 0) is 0 Å². The molecule has 4 heteroatoms. The molecular formula is C51H32N4. The van der Waals surface area contributed by atoms with Crippen molar-refractivity contribution in [3.63, 3.8) is 0 Å². The Hall–Kier alpha value is -7.43. The number of para-hydroxylation sites is 1. The summed E-state index contributed by atoms with van der Waals surface area (Å²) in [6.45, 7) is 0. The second-order valence-corrected chi connectivity index (χ2v) is 14.0. The van der Waals surface area contributed by atoms with Crippen LogP contribution in [0.3, 0.4) is 0 Å². The van der Waals surface area contributed by atoms with E-state index >= 15 is 0 Å². The van der Waals surface area contributed by atoms with Gasteiger partial charge in [-0.1, -0.05) is 164 Å². The summed E-state index contributed by atoms with van der Waals surface area (Å²) >= 11 is 0. The zero-order valence-electron chi connectivity index (χ0n) is 29.8. The van der Waals surface area contributed by atoms with Gasteiger partial charge in [0.05, 0.1) is 11.0 Å². The highest BCUT2D eigenvalue weighted by atomic mass is 15.0. The average Bonchev–Trinajstić information content (AvgIpc) is 3.61. The van der Waals surface area contributed by atoms with Crippen molar-refractivity contribution in [3.8, 4) is 51.0 Å². The summed E-state index contributed by atoms with van der Waals surface area (Å²) in [5.41, 5.74) is 8.63. The highest BCUT2D eigenvalue weighted by molar-refractivity contribution is 6.18. The molecule has 0 radical (unpaired) electrons. The van der Waals surface area contributed by atoms with Crippen LogP contribution in [0.4, 0.5) is 0 Å². The fraction of sp³-hybridized carbons (Fsp3) is 0. The topological polar surface area (TPSA) is 43.6 Å². The Kier molecular flexibility index (Phi) is 7.14. The highest BCUT2D eigenvalue weighted by Crippen LogP contribution is 2.38. The van der Waals surface area contributed by atoms with E-state index < -0.39 is 0 Å². The third-order valence-electron chi connectivity index (χ3n) is 10.8. The maximum absolute atomic E-state index is 5.20. The van der Waals surface area contributed by atoms with Crippen molar-refractivity contribution in [3.05, 3.63) is 194 Å². The van der Waals surface area contributed by atoms with Crippen molar-refractivity contribution in [1.82, 2.24) is 19.5 Å². The summed E-state index contributed by atoms with van der Waals surface area (Å²) in [5.74, 6) is 1.93. The summed E-state index contributed by atoms with van der Waals surface area (Å²) in [4.78, 5) is 15.4. The van der Waals surface area contributed by atoms with E-state index in [2.05, 4.69) is 180 Å². The fourth-order valence-corrected chi connectivity index (χ4v) is 8.22. The molecule has 0 N–H and O–H groups in total. The number of fused-ring (bicyclic) bond motifs is 8. The molecular weight excluding hydrogens is 669 g/mol. The predicted molar refractivity (Wildman–Crippen MR) is 228 cm³/mol. The van der Waals surface area contributed by atoms with Crippen LogP contribution in [0, 0.1) is 0 Å². The van der Waals surface area contributed by atoms with Crippen LogP contribution >= 0.6 is 0 Å². The summed E-state index contributed by atoms with van der Waals surface area (Å²) in [6.07, 6.45) is 0. The number of hydrogen-bond acceptors (Lipinski definition) is 3. The van der Waals surface area contributed by atoms with Gasteiger partial charge in [-0.15, -0.1) is 0 Å². The molecule has 0 fully saturated rings. The lowest BCUT2D eigenvalue weighted by molar-refractivity contribution is 1.08. The van der Waals surface area contributed by atoms with Crippen molar-refractivity contribution < 1.29 is 0 Å². The minimum absolute atomic E-state index is 0.636. The largest absolute Gasteiger partial charge is 0.309 e. The van der Waals surface area contributed by atoms with Crippen LogP contribution in [0.1, 0.15) is 0 Å². The van der Waals surface area contributed by atoms with Crippen molar-refractivity contribution in [2.24, 2.45) is 0 Å². The smallest absolute Gasteiger partial charge is 0.164 e. The molecule has 11 aromatic rings. The molecule has 9 aromatic carbocycles. The van der Waals surface area contributed by atoms with E-state index in [0.717, 1.165) is 44.3 Å². The number of nitrogens with zero attached hydrogens (tertiary/aromatic N) is 4. The molecule has 0 spiro atoms. The Balaban J connectivity index is 1.04. The Morgan fingerprint density at radius 2 is 0.909 bits per heavy atom. The van der Waals surface area contributed by atoms with E-state index in [1.54, 1.807) is 0 Å². The van der Waals surface area contributed by atoms with Crippen LogP contribution in [0.2, 0.25) is 0 Å². The van der Waals surface area contributed by atoms with E-state index in [1.165, 1.54) is 43.4 Å². The van der Waals surface area contributed by atoms with Gasteiger partial charge < -0.3 is 4.57 Å². The van der Waals surface area contributed by atoms with Crippen LogP contribution in [0.15, 0.2) is 194 Å². The molecule has 0 saturated heterocycles. The van der Waals surface area contributed by atoms with Crippen molar-refractivity contribution in [2.45, 2.75) is 0 Å². The first-order valence-electron chi connectivity index (χ1n) is 18.6. The maximum Gasteiger partial charge on any atom is 0.164 e. The number of rotatable bonds is 5. The summed E-state index contributed by atoms with van der Waals surface area (Å²) in [6, 6.07) is 68.7. The summed E-state index contributed by atoms with van der Waals surface area (Å²) in [7, 11) is 0. The zero-order valence-corrected chi connectivity index (χ0v) is 29.8. The molecule has 256 valence electrons. The second-order valence-electron chi connectivity index (χ2n) is 14.0. The fourth-order valence-electron chi connectivity index (χ4n) is 8.22. The Bertz CT molecular complexity index is 3250. The average molecular weight is 701 g/mol. The van der Waals surface area contributed by atoms with Gasteiger partial charge in [0.15, 0.2) is 17.5 Å². The molecule has 0 aliphatic heterocycles. The monoisotopic (exact) mass is 700 g/mol. The molecule has 0 aliphatic rings. The molecule has 0 unspecified atom stereocenters. The van der Waals surface area contributed by atoms with Crippen LogP contribution in [0.5, 0.6) is 0 Å². The van der Waals surface area contributed by atoms with E-state index in [4.69, 9.17) is 15.0 Å². The quantitative estimate of drug-likeness (QED) is 0.168. The molecule has 2 heterocycles. The number of benzene rings is 9. The third kappa shape index (κ3) is 5.19. The Morgan fingerprint density at radius 3 is 1.73 bits per heavy atom. The molecule has 11 rings (SSSR count). The molecule has 0 aliphatic carbocycles. The molecule has 4 nitrogen and oxygen atoms in total. The summed E-state index contributed by atoms with van der Waals surface area (Å²) in [5, 5.41) is 9.65. The minimum Gasteiger partial charge on any atom is -0.309 e. The zero-order chi connectivity index (χ0) is 36.3. The highest BCUT2D eigenvalue weighted by Gasteiger charge is 2.18. The minimum atomic E-state index is 0.636. The molecule has 55 heavy (non-hydrogen) atoms.